The zero-order valence-electron chi connectivity index (χ0n) is 16.8. The minimum Gasteiger partial charge on any atom is -0.494 e. The number of methoxy groups -OCH3 is 1. The normalized spacial score (nSPS) is 20.8. The molecule has 2 aliphatic rings. The Hall–Kier alpha value is -3.17. The lowest BCUT2D eigenvalue weighted by Crippen LogP contribution is -2.37. The number of amides is 1. The van der Waals surface area contributed by atoms with E-state index >= 15 is 0 Å². The standard InChI is InChI=1S/C21H19ClFN5O3/c1-27-8-16-18(9-27)31-21(29)28(16)15-6-11-14(7-17(15)30-2)24-10-25-20(11)26-13-5-3-4-12(22)19(13)23/h3-7,10,16,18H,8-9H2,1-2H3,(H,24,25,26)/t16-,18+/m0/s1. The SMILES string of the molecule is COc1cc2ncnc(Nc3cccc(Cl)c3F)c2cc1N1C(=O)O[C@@H]2CN(C)C[C@@H]21. The highest BCUT2D eigenvalue weighted by molar-refractivity contribution is 6.31. The van der Waals surface area contributed by atoms with Crippen LogP contribution >= 0.6 is 11.6 Å². The third kappa shape index (κ3) is 3.30. The van der Waals surface area contributed by atoms with E-state index in [0.717, 1.165) is 0 Å². The molecule has 3 aromatic rings. The predicted molar refractivity (Wildman–Crippen MR) is 115 cm³/mol. The third-order valence-corrected chi connectivity index (χ3v) is 5.89. The van der Waals surface area contributed by atoms with E-state index in [1.54, 1.807) is 29.2 Å². The number of benzene rings is 2. The molecule has 0 aliphatic carbocycles. The fourth-order valence-electron chi connectivity index (χ4n) is 4.15. The molecule has 2 aromatic carbocycles. The molecule has 1 aromatic heterocycles. The summed E-state index contributed by atoms with van der Waals surface area (Å²) in [5.74, 6) is 0.283. The number of fused-ring (bicyclic) bond motifs is 2. The summed E-state index contributed by atoms with van der Waals surface area (Å²) in [5, 5.41) is 3.58. The molecule has 10 heteroatoms. The molecule has 31 heavy (non-hydrogen) atoms. The highest BCUT2D eigenvalue weighted by Gasteiger charge is 2.48. The van der Waals surface area contributed by atoms with E-state index in [-0.39, 0.29) is 22.9 Å². The molecule has 5 rings (SSSR count). The maximum atomic E-state index is 14.4. The molecule has 0 bridgehead atoms. The zero-order valence-corrected chi connectivity index (χ0v) is 17.6. The molecule has 0 unspecified atom stereocenters. The van der Waals surface area contributed by atoms with Crippen molar-refractivity contribution in [2.45, 2.75) is 12.1 Å². The lowest BCUT2D eigenvalue weighted by Gasteiger charge is -2.23. The first-order valence-corrected chi connectivity index (χ1v) is 10.1. The number of ether oxygens (including phenoxy) is 2. The van der Waals surface area contributed by atoms with Gasteiger partial charge < -0.3 is 19.7 Å². The predicted octanol–water partition coefficient (Wildman–Crippen LogP) is 3.81. The van der Waals surface area contributed by atoms with Gasteiger partial charge in [-0.2, -0.15) is 0 Å². The van der Waals surface area contributed by atoms with Crippen LogP contribution in [0.25, 0.3) is 10.9 Å². The average Bonchev–Trinajstić information content (AvgIpc) is 3.24. The molecule has 0 saturated carbocycles. The van der Waals surface area contributed by atoms with Crippen LogP contribution in [0.1, 0.15) is 0 Å². The third-order valence-electron chi connectivity index (χ3n) is 5.60. The number of aromatic nitrogens is 2. The Bertz CT molecular complexity index is 1190. The van der Waals surface area contributed by atoms with E-state index in [9.17, 15) is 9.18 Å². The summed E-state index contributed by atoms with van der Waals surface area (Å²) in [6.45, 7) is 1.36. The van der Waals surface area contributed by atoms with Crippen LogP contribution in [0.5, 0.6) is 5.75 Å². The molecule has 160 valence electrons. The van der Waals surface area contributed by atoms with E-state index < -0.39 is 11.9 Å². The van der Waals surface area contributed by atoms with Gasteiger partial charge in [0.2, 0.25) is 0 Å². The van der Waals surface area contributed by atoms with Crippen LogP contribution in [-0.4, -0.2) is 60.4 Å². The number of carbonyl (C=O) groups is 1. The van der Waals surface area contributed by atoms with Crippen LogP contribution in [0.4, 0.5) is 26.4 Å². The second-order valence-electron chi connectivity index (χ2n) is 7.57. The highest BCUT2D eigenvalue weighted by atomic mass is 35.5. The van der Waals surface area contributed by atoms with Gasteiger partial charge in [0.15, 0.2) is 5.82 Å². The molecule has 1 amide bonds. The molecular formula is C21H19ClFN5O3. The number of halogens is 2. The van der Waals surface area contributed by atoms with Gasteiger partial charge in [0.1, 0.15) is 24.0 Å². The number of anilines is 3. The first-order valence-electron chi connectivity index (χ1n) is 9.68. The van der Waals surface area contributed by atoms with E-state index in [1.165, 1.54) is 19.5 Å². The van der Waals surface area contributed by atoms with Crippen LogP contribution in [0.2, 0.25) is 5.02 Å². The minimum absolute atomic E-state index is 0.00178. The molecule has 2 atom stereocenters. The summed E-state index contributed by atoms with van der Waals surface area (Å²) >= 11 is 5.90. The topological polar surface area (TPSA) is 79.8 Å². The number of nitrogens with one attached hydrogen (secondary N) is 1. The van der Waals surface area contributed by atoms with Crippen molar-refractivity contribution in [1.29, 1.82) is 0 Å². The fraction of sp³-hybridized carbons (Fsp3) is 0.286. The van der Waals surface area contributed by atoms with Gasteiger partial charge in [-0.3, -0.25) is 4.90 Å². The Kier molecular flexibility index (Phi) is 4.79. The second-order valence-corrected chi connectivity index (χ2v) is 7.98. The van der Waals surface area contributed by atoms with Crippen molar-refractivity contribution >= 4 is 45.8 Å². The van der Waals surface area contributed by atoms with Crippen molar-refractivity contribution in [2.24, 2.45) is 0 Å². The summed E-state index contributed by atoms with van der Waals surface area (Å²) in [6, 6.07) is 8.04. The summed E-state index contributed by atoms with van der Waals surface area (Å²) in [5.41, 5.74) is 1.31. The van der Waals surface area contributed by atoms with Crippen molar-refractivity contribution in [3.05, 3.63) is 47.5 Å². The maximum Gasteiger partial charge on any atom is 0.415 e. The lowest BCUT2D eigenvalue weighted by molar-refractivity contribution is 0.135. The Balaban J connectivity index is 1.62. The summed E-state index contributed by atoms with van der Waals surface area (Å²) in [4.78, 5) is 25.0. The number of carbonyl (C=O) groups excluding carboxylic acids is 1. The molecule has 8 nitrogen and oxygen atoms in total. The van der Waals surface area contributed by atoms with E-state index in [2.05, 4.69) is 20.2 Å². The molecule has 0 spiro atoms. The fourth-order valence-corrected chi connectivity index (χ4v) is 4.33. The van der Waals surface area contributed by atoms with E-state index in [0.29, 0.717) is 41.2 Å². The van der Waals surface area contributed by atoms with Gasteiger partial charge in [0.05, 0.1) is 35.1 Å². The van der Waals surface area contributed by atoms with Gasteiger partial charge in [0, 0.05) is 24.5 Å². The van der Waals surface area contributed by atoms with Gasteiger partial charge in [-0.1, -0.05) is 17.7 Å². The Morgan fingerprint density at radius 2 is 2.13 bits per heavy atom. The van der Waals surface area contributed by atoms with Crippen LogP contribution in [-0.2, 0) is 4.74 Å². The molecule has 0 radical (unpaired) electrons. The smallest absolute Gasteiger partial charge is 0.415 e. The van der Waals surface area contributed by atoms with Crippen LogP contribution < -0.4 is 15.0 Å². The summed E-state index contributed by atoms with van der Waals surface area (Å²) in [6.07, 6.45) is 0.745. The number of rotatable bonds is 4. The quantitative estimate of drug-likeness (QED) is 0.656. The van der Waals surface area contributed by atoms with Crippen molar-refractivity contribution in [2.75, 3.05) is 37.5 Å². The Morgan fingerprint density at radius 3 is 2.94 bits per heavy atom. The number of hydrogen-bond donors (Lipinski definition) is 1. The molecular weight excluding hydrogens is 425 g/mol. The van der Waals surface area contributed by atoms with Crippen molar-refractivity contribution in [3.8, 4) is 5.75 Å². The van der Waals surface area contributed by atoms with Gasteiger partial charge in [-0.05, 0) is 25.2 Å². The summed E-state index contributed by atoms with van der Waals surface area (Å²) < 4.78 is 25.6. The van der Waals surface area contributed by atoms with Crippen LogP contribution in [0.15, 0.2) is 36.7 Å². The molecule has 2 saturated heterocycles. The van der Waals surface area contributed by atoms with Gasteiger partial charge in [-0.25, -0.2) is 19.2 Å². The van der Waals surface area contributed by atoms with Gasteiger partial charge >= 0.3 is 6.09 Å². The average molecular weight is 444 g/mol. The first-order chi connectivity index (χ1) is 15.0. The lowest BCUT2D eigenvalue weighted by atomic mass is 10.1. The maximum absolute atomic E-state index is 14.4. The molecule has 2 fully saturated rings. The van der Waals surface area contributed by atoms with E-state index in [1.807, 2.05) is 7.05 Å². The Labute approximate surface area is 182 Å². The monoisotopic (exact) mass is 443 g/mol. The largest absolute Gasteiger partial charge is 0.494 e. The van der Waals surface area contributed by atoms with Crippen molar-refractivity contribution in [1.82, 2.24) is 14.9 Å². The Morgan fingerprint density at radius 1 is 1.29 bits per heavy atom. The number of nitrogens with zero attached hydrogens (tertiary/aromatic N) is 4. The van der Waals surface area contributed by atoms with E-state index in [4.69, 9.17) is 21.1 Å². The van der Waals surface area contributed by atoms with Gasteiger partial charge in [0.25, 0.3) is 0 Å². The minimum atomic E-state index is -0.579. The van der Waals surface area contributed by atoms with Crippen LogP contribution in [0.3, 0.4) is 0 Å². The highest BCUT2D eigenvalue weighted by Crippen LogP contribution is 2.40. The molecule has 1 N–H and O–H groups in total. The number of hydrogen-bond acceptors (Lipinski definition) is 7. The summed E-state index contributed by atoms with van der Waals surface area (Å²) in [7, 11) is 3.52. The zero-order chi connectivity index (χ0) is 21.7. The molecule has 3 heterocycles. The number of likely N-dealkylation sites (tertiary alicyclic amines) is 1. The molecule has 2 aliphatic heterocycles. The van der Waals surface area contributed by atoms with Crippen molar-refractivity contribution in [3.63, 3.8) is 0 Å². The van der Waals surface area contributed by atoms with Crippen LogP contribution in [0, 0.1) is 5.82 Å². The number of likely N-dealkylation sites (N-methyl/N-ethyl adjacent to an activating group) is 1. The van der Waals surface area contributed by atoms with Gasteiger partial charge in [-0.15, -0.1) is 0 Å². The second kappa shape index (κ2) is 7.51. The van der Waals surface area contributed by atoms with Crippen molar-refractivity contribution < 1.29 is 18.7 Å². The first kappa shape index (κ1) is 19.8.